The molecule has 0 bridgehead atoms. The number of pyridine rings is 1. The van der Waals surface area contributed by atoms with Gasteiger partial charge in [-0.1, -0.05) is 6.07 Å². The Labute approximate surface area is 312 Å². The molecular formula is C42H40N8O4. The van der Waals surface area contributed by atoms with Gasteiger partial charge in [0.05, 0.1) is 35.1 Å². The molecule has 4 aliphatic rings. The molecule has 0 aliphatic carbocycles. The third-order valence-corrected chi connectivity index (χ3v) is 11.8. The number of amides is 3. The number of rotatable bonds is 5. The van der Waals surface area contributed by atoms with Gasteiger partial charge in [0, 0.05) is 84.9 Å². The van der Waals surface area contributed by atoms with Crippen molar-refractivity contribution in [3.8, 4) is 17.2 Å². The molecule has 0 saturated carbocycles. The molecule has 0 spiro atoms. The molecule has 54 heavy (non-hydrogen) atoms. The number of nitrogens with zero attached hydrogens (tertiary/aromatic N) is 7. The molecule has 1 atom stereocenters. The van der Waals surface area contributed by atoms with Gasteiger partial charge in [0.2, 0.25) is 11.8 Å². The van der Waals surface area contributed by atoms with E-state index in [9.17, 15) is 24.4 Å². The number of hydrogen-bond acceptors (Lipinski definition) is 8. The van der Waals surface area contributed by atoms with Gasteiger partial charge in [0.25, 0.3) is 11.5 Å². The first-order chi connectivity index (χ1) is 26.2. The fourth-order valence-corrected chi connectivity index (χ4v) is 8.91. The van der Waals surface area contributed by atoms with E-state index in [1.807, 2.05) is 61.2 Å². The van der Waals surface area contributed by atoms with E-state index in [1.54, 1.807) is 9.47 Å². The molecule has 5 aromatic rings. The Morgan fingerprint density at radius 2 is 1.72 bits per heavy atom. The van der Waals surface area contributed by atoms with E-state index in [-0.39, 0.29) is 29.8 Å². The van der Waals surface area contributed by atoms with Crippen molar-refractivity contribution in [2.75, 3.05) is 29.4 Å². The third-order valence-electron chi connectivity index (χ3n) is 11.8. The first kappa shape index (κ1) is 33.6. The van der Waals surface area contributed by atoms with E-state index in [0.29, 0.717) is 29.7 Å². The Bertz CT molecular complexity index is 2500. The zero-order chi connectivity index (χ0) is 37.2. The van der Waals surface area contributed by atoms with Gasteiger partial charge in [0.1, 0.15) is 6.04 Å². The quantitative estimate of drug-likeness (QED) is 0.243. The van der Waals surface area contributed by atoms with Crippen molar-refractivity contribution in [2.45, 2.75) is 64.1 Å². The maximum atomic E-state index is 13.2. The van der Waals surface area contributed by atoms with E-state index >= 15 is 0 Å². The fourth-order valence-electron chi connectivity index (χ4n) is 8.91. The van der Waals surface area contributed by atoms with E-state index < -0.39 is 11.9 Å². The van der Waals surface area contributed by atoms with Crippen LogP contribution in [0.1, 0.15) is 70.8 Å². The molecule has 3 aromatic carbocycles. The number of carbonyl (C=O) groups excluding carboxylic acids is 3. The minimum Gasteiger partial charge on any atom is -0.371 e. The molecule has 3 amide bonds. The van der Waals surface area contributed by atoms with E-state index in [4.69, 9.17) is 5.10 Å². The number of nitriles is 1. The van der Waals surface area contributed by atoms with Gasteiger partial charge in [-0.3, -0.25) is 29.2 Å². The molecule has 2 aromatic heterocycles. The predicted molar refractivity (Wildman–Crippen MR) is 205 cm³/mol. The smallest absolute Gasteiger partial charge is 0.255 e. The standard InChI is InChI=1S/C42H40N8O4/c1-25-17-34-35(46(2)41(25)53)6-3-7-36(34)48-14-4-5-26-19-33(27(21-43)20-38(26)48)29-22-44-50(24-29)30-12-15-47(16-13-30)31-8-9-32-28(18-31)23-49(42(32)54)37-10-11-39(51)45-40(37)52/h3,6-9,17-20,22,24,30,37H,4-5,10-16,23H2,1-2H3,(H,45,51,52). The highest BCUT2D eigenvalue weighted by atomic mass is 16.2. The number of aryl methyl sites for hydroxylation is 3. The lowest BCUT2D eigenvalue weighted by atomic mass is 9.93. The molecular weight excluding hydrogens is 681 g/mol. The summed E-state index contributed by atoms with van der Waals surface area (Å²) in [7, 11) is 1.81. The summed E-state index contributed by atoms with van der Waals surface area (Å²) in [5, 5.41) is 18.6. The monoisotopic (exact) mass is 720 g/mol. The summed E-state index contributed by atoms with van der Waals surface area (Å²) in [5.74, 6) is -0.856. The van der Waals surface area contributed by atoms with Gasteiger partial charge >= 0.3 is 0 Å². The Hall–Kier alpha value is -6.22. The first-order valence-corrected chi connectivity index (χ1v) is 18.7. The van der Waals surface area contributed by atoms with Crippen LogP contribution in [0.4, 0.5) is 17.1 Å². The molecule has 2 fully saturated rings. The Morgan fingerprint density at radius 3 is 2.52 bits per heavy atom. The zero-order valence-corrected chi connectivity index (χ0v) is 30.3. The van der Waals surface area contributed by atoms with Crippen LogP contribution in [0.5, 0.6) is 0 Å². The van der Waals surface area contributed by atoms with Crippen LogP contribution in [-0.4, -0.2) is 62.6 Å². The maximum absolute atomic E-state index is 13.2. The van der Waals surface area contributed by atoms with Crippen LogP contribution >= 0.6 is 0 Å². The molecule has 4 aliphatic heterocycles. The van der Waals surface area contributed by atoms with Crippen molar-refractivity contribution in [1.29, 1.82) is 5.26 Å². The number of piperidine rings is 2. The van der Waals surface area contributed by atoms with Crippen molar-refractivity contribution in [3.63, 3.8) is 0 Å². The molecule has 1 unspecified atom stereocenters. The topological polar surface area (TPSA) is 137 Å². The minimum atomic E-state index is -0.626. The second-order valence-corrected chi connectivity index (χ2v) is 15.0. The number of benzene rings is 3. The lowest BCUT2D eigenvalue weighted by Gasteiger charge is -2.34. The highest BCUT2D eigenvalue weighted by Gasteiger charge is 2.39. The summed E-state index contributed by atoms with van der Waals surface area (Å²) in [6.45, 7) is 4.68. The largest absolute Gasteiger partial charge is 0.371 e. The Kier molecular flexibility index (Phi) is 8.10. The third kappa shape index (κ3) is 5.54. The summed E-state index contributed by atoms with van der Waals surface area (Å²) in [6, 6.07) is 20.2. The second-order valence-electron chi connectivity index (χ2n) is 15.0. The highest BCUT2D eigenvalue weighted by Crippen LogP contribution is 2.41. The van der Waals surface area contributed by atoms with Crippen LogP contribution in [0.2, 0.25) is 0 Å². The van der Waals surface area contributed by atoms with Crippen molar-refractivity contribution < 1.29 is 14.4 Å². The summed E-state index contributed by atoms with van der Waals surface area (Å²) < 4.78 is 3.75. The van der Waals surface area contributed by atoms with Crippen LogP contribution in [-0.2, 0) is 29.6 Å². The lowest BCUT2D eigenvalue weighted by molar-refractivity contribution is -0.136. The summed E-state index contributed by atoms with van der Waals surface area (Å²) >= 11 is 0. The van der Waals surface area contributed by atoms with Crippen LogP contribution in [0.25, 0.3) is 22.0 Å². The van der Waals surface area contributed by atoms with E-state index in [2.05, 4.69) is 45.6 Å². The number of nitrogens with one attached hydrogen (secondary N) is 1. The molecule has 9 rings (SSSR count). The number of aromatic nitrogens is 3. The molecule has 2 saturated heterocycles. The van der Waals surface area contributed by atoms with Gasteiger partial charge in [-0.2, -0.15) is 10.4 Å². The number of hydrogen-bond donors (Lipinski definition) is 1. The highest BCUT2D eigenvalue weighted by molar-refractivity contribution is 6.05. The Morgan fingerprint density at radius 1 is 0.889 bits per heavy atom. The van der Waals surface area contributed by atoms with Crippen LogP contribution in [0.15, 0.2) is 71.8 Å². The molecule has 1 N–H and O–H groups in total. The van der Waals surface area contributed by atoms with Gasteiger partial charge in [0.15, 0.2) is 0 Å². The van der Waals surface area contributed by atoms with Gasteiger partial charge < -0.3 is 19.3 Å². The summed E-state index contributed by atoms with van der Waals surface area (Å²) in [4.78, 5) is 56.2. The minimum absolute atomic E-state index is 0.000567. The van der Waals surface area contributed by atoms with Crippen LogP contribution in [0, 0.1) is 18.3 Å². The Balaban J connectivity index is 0.915. The SMILES string of the molecule is Cc1cc2c(N3CCCc4cc(-c5cnn(C6CCN(c7ccc8c(c7)CN(C7CCC(=O)NC7=O)C8=O)CC6)c5)c(C#N)cc43)cccc2n(C)c1=O. The van der Waals surface area contributed by atoms with Crippen molar-refractivity contribution >= 4 is 45.7 Å². The van der Waals surface area contributed by atoms with Crippen molar-refractivity contribution in [1.82, 2.24) is 24.6 Å². The van der Waals surface area contributed by atoms with Crippen LogP contribution in [0.3, 0.4) is 0 Å². The molecule has 12 nitrogen and oxygen atoms in total. The fraction of sp³-hybridized carbons (Fsp3) is 0.333. The number of anilines is 3. The maximum Gasteiger partial charge on any atom is 0.255 e. The molecule has 6 heterocycles. The summed E-state index contributed by atoms with van der Waals surface area (Å²) in [6.07, 6.45) is 8.18. The van der Waals surface area contributed by atoms with Gasteiger partial charge in [-0.05, 0) is 98.7 Å². The van der Waals surface area contributed by atoms with E-state index in [1.165, 1.54) is 5.56 Å². The van der Waals surface area contributed by atoms with Crippen LogP contribution < -0.4 is 20.7 Å². The van der Waals surface area contributed by atoms with E-state index in [0.717, 1.165) is 90.0 Å². The van der Waals surface area contributed by atoms with Gasteiger partial charge in [-0.25, -0.2) is 0 Å². The van der Waals surface area contributed by atoms with Crippen molar-refractivity contribution in [3.05, 3.63) is 105 Å². The lowest BCUT2D eigenvalue weighted by Crippen LogP contribution is -2.52. The zero-order valence-electron chi connectivity index (χ0n) is 30.3. The molecule has 12 heteroatoms. The van der Waals surface area contributed by atoms with Crippen molar-refractivity contribution in [2.24, 2.45) is 7.05 Å². The average molecular weight is 721 g/mol. The number of fused-ring (bicyclic) bond motifs is 3. The van der Waals surface area contributed by atoms with Gasteiger partial charge in [-0.15, -0.1) is 0 Å². The predicted octanol–water partition coefficient (Wildman–Crippen LogP) is 5.27. The normalized spacial score (nSPS) is 18.9. The number of imide groups is 1. The molecule has 0 radical (unpaired) electrons. The first-order valence-electron chi connectivity index (χ1n) is 18.7. The number of carbonyl (C=O) groups is 3. The second kappa shape index (κ2) is 13.0. The summed E-state index contributed by atoms with van der Waals surface area (Å²) in [5.41, 5.74) is 9.81. The molecule has 272 valence electrons. The average Bonchev–Trinajstić information content (AvgIpc) is 3.81.